The first-order valence-corrected chi connectivity index (χ1v) is 9.28. The predicted octanol–water partition coefficient (Wildman–Crippen LogP) is 2.17. The molecule has 3 aromatic heterocycles. The first-order valence-electron chi connectivity index (χ1n) is 7.41. The second-order valence-corrected chi connectivity index (χ2v) is 6.69. The van der Waals surface area contributed by atoms with Crippen molar-refractivity contribution in [3.63, 3.8) is 0 Å². The molecule has 0 saturated heterocycles. The van der Waals surface area contributed by atoms with Gasteiger partial charge in [-0.15, -0.1) is 21.5 Å². The van der Waals surface area contributed by atoms with Crippen LogP contribution in [0.1, 0.15) is 17.5 Å². The van der Waals surface area contributed by atoms with Crippen LogP contribution < -0.4 is 10.9 Å². The molecule has 0 aliphatic heterocycles. The van der Waals surface area contributed by atoms with Gasteiger partial charge in [-0.1, -0.05) is 17.8 Å². The molecular weight excluding hydrogens is 362 g/mol. The van der Waals surface area contributed by atoms with E-state index in [-0.39, 0.29) is 17.4 Å². The van der Waals surface area contributed by atoms with Gasteiger partial charge in [-0.2, -0.15) is 0 Å². The Balaban J connectivity index is 1.55. The average Bonchev–Trinajstić information content (AvgIpc) is 3.38. The minimum atomic E-state index is -0.514. The number of hydrazine groups is 1. The Hall–Kier alpha value is -2.59. The van der Waals surface area contributed by atoms with E-state index in [1.54, 1.807) is 17.4 Å². The normalized spacial score (nSPS) is 10.6. The highest BCUT2D eigenvalue weighted by molar-refractivity contribution is 7.99. The van der Waals surface area contributed by atoms with Gasteiger partial charge in [-0.25, -0.2) is 0 Å². The fourth-order valence-corrected chi connectivity index (χ4v) is 3.55. The van der Waals surface area contributed by atoms with E-state index in [0.29, 0.717) is 11.7 Å². The minimum absolute atomic E-state index is 0.0982. The number of aromatic nitrogens is 3. The second kappa shape index (κ2) is 7.99. The summed E-state index contributed by atoms with van der Waals surface area (Å²) in [6, 6.07) is 7.03. The van der Waals surface area contributed by atoms with Gasteiger partial charge in [0.2, 0.25) is 5.91 Å². The number of furan rings is 1. The molecule has 0 bridgehead atoms. The van der Waals surface area contributed by atoms with Crippen molar-refractivity contribution in [1.29, 1.82) is 0 Å². The summed E-state index contributed by atoms with van der Waals surface area (Å²) in [6.45, 7) is 2.69. The largest absolute Gasteiger partial charge is 0.459 e. The van der Waals surface area contributed by atoms with Gasteiger partial charge < -0.3 is 8.98 Å². The SMILES string of the molecule is CCn1c(SCC(=O)NNC(=O)c2ccco2)nnc1-c1cccs1. The lowest BCUT2D eigenvalue weighted by molar-refractivity contribution is -0.119. The number of carbonyl (C=O) groups is 2. The van der Waals surface area contributed by atoms with Crippen LogP contribution >= 0.6 is 23.1 Å². The molecule has 130 valence electrons. The zero-order chi connectivity index (χ0) is 17.6. The van der Waals surface area contributed by atoms with Crippen molar-refractivity contribution < 1.29 is 14.0 Å². The summed E-state index contributed by atoms with van der Waals surface area (Å²) in [5, 5.41) is 11.0. The molecule has 0 aliphatic carbocycles. The summed E-state index contributed by atoms with van der Waals surface area (Å²) >= 11 is 2.84. The maximum absolute atomic E-state index is 11.9. The van der Waals surface area contributed by atoms with E-state index >= 15 is 0 Å². The molecule has 10 heteroatoms. The van der Waals surface area contributed by atoms with Crippen LogP contribution in [-0.2, 0) is 11.3 Å². The topological polar surface area (TPSA) is 102 Å². The third kappa shape index (κ3) is 4.09. The van der Waals surface area contributed by atoms with E-state index in [1.165, 1.54) is 24.1 Å². The molecule has 0 radical (unpaired) electrons. The molecule has 3 heterocycles. The van der Waals surface area contributed by atoms with E-state index < -0.39 is 5.91 Å². The highest BCUT2D eigenvalue weighted by Gasteiger charge is 2.15. The number of carbonyl (C=O) groups excluding carboxylic acids is 2. The Morgan fingerprint density at radius 3 is 2.84 bits per heavy atom. The number of hydrogen-bond donors (Lipinski definition) is 2. The predicted molar refractivity (Wildman–Crippen MR) is 94.0 cm³/mol. The van der Waals surface area contributed by atoms with Crippen molar-refractivity contribution >= 4 is 34.9 Å². The van der Waals surface area contributed by atoms with Gasteiger partial charge in [0.25, 0.3) is 0 Å². The van der Waals surface area contributed by atoms with Crippen molar-refractivity contribution in [2.75, 3.05) is 5.75 Å². The van der Waals surface area contributed by atoms with Crippen LogP contribution in [0.15, 0.2) is 45.5 Å². The van der Waals surface area contributed by atoms with Crippen molar-refractivity contribution in [1.82, 2.24) is 25.6 Å². The maximum Gasteiger partial charge on any atom is 0.305 e. The van der Waals surface area contributed by atoms with E-state index in [9.17, 15) is 9.59 Å². The number of rotatable bonds is 6. The lowest BCUT2D eigenvalue weighted by atomic mass is 10.4. The van der Waals surface area contributed by atoms with E-state index in [0.717, 1.165) is 10.7 Å². The number of amides is 2. The van der Waals surface area contributed by atoms with E-state index in [1.807, 2.05) is 29.0 Å². The standard InChI is InChI=1S/C15H15N5O3S2/c1-2-20-13(11-6-4-8-24-11)17-19-15(20)25-9-12(21)16-18-14(22)10-5-3-7-23-10/h3-8H,2,9H2,1H3,(H,16,21)(H,18,22). The zero-order valence-electron chi connectivity index (χ0n) is 13.3. The van der Waals surface area contributed by atoms with Crippen LogP contribution in [0.2, 0.25) is 0 Å². The lowest BCUT2D eigenvalue weighted by Crippen LogP contribution is -2.42. The van der Waals surface area contributed by atoms with Gasteiger partial charge in [0, 0.05) is 6.54 Å². The molecule has 25 heavy (non-hydrogen) atoms. The van der Waals surface area contributed by atoms with E-state index in [2.05, 4.69) is 21.0 Å². The van der Waals surface area contributed by atoms with Gasteiger partial charge in [-0.05, 0) is 30.5 Å². The zero-order valence-corrected chi connectivity index (χ0v) is 14.9. The second-order valence-electron chi connectivity index (χ2n) is 4.80. The molecule has 0 aliphatic rings. The lowest BCUT2D eigenvalue weighted by Gasteiger charge is -2.07. The summed E-state index contributed by atoms with van der Waals surface area (Å²) in [6.07, 6.45) is 1.38. The molecule has 0 atom stereocenters. The molecule has 0 saturated carbocycles. The van der Waals surface area contributed by atoms with Crippen molar-refractivity contribution in [2.45, 2.75) is 18.6 Å². The Labute approximate surface area is 151 Å². The Bertz CT molecular complexity index is 843. The Morgan fingerprint density at radius 2 is 2.16 bits per heavy atom. The monoisotopic (exact) mass is 377 g/mol. The summed E-state index contributed by atoms with van der Waals surface area (Å²) in [4.78, 5) is 24.6. The van der Waals surface area contributed by atoms with Crippen LogP contribution in [0.4, 0.5) is 0 Å². The molecule has 3 rings (SSSR count). The van der Waals surface area contributed by atoms with Gasteiger partial charge in [0.05, 0.1) is 16.9 Å². The fourth-order valence-electron chi connectivity index (χ4n) is 2.03. The Kier molecular flexibility index (Phi) is 5.51. The smallest absolute Gasteiger partial charge is 0.305 e. The highest BCUT2D eigenvalue weighted by atomic mass is 32.2. The van der Waals surface area contributed by atoms with Crippen molar-refractivity contribution in [2.24, 2.45) is 0 Å². The summed E-state index contributed by atoms with van der Waals surface area (Å²) in [5.41, 5.74) is 4.63. The van der Waals surface area contributed by atoms with Crippen LogP contribution in [-0.4, -0.2) is 32.3 Å². The highest BCUT2D eigenvalue weighted by Crippen LogP contribution is 2.26. The van der Waals surface area contributed by atoms with Crippen LogP contribution in [0, 0.1) is 0 Å². The quantitative estimate of drug-likeness (QED) is 0.504. The molecule has 0 fully saturated rings. The minimum Gasteiger partial charge on any atom is -0.459 e. The Morgan fingerprint density at radius 1 is 1.28 bits per heavy atom. The van der Waals surface area contributed by atoms with E-state index in [4.69, 9.17) is 4.42 Å². The van der Waals surface area contributed by atoms with Crippen LogP contribution in [0.25, 0.3) is 10.7 Å². The summed E-state index contributed by atoms with van der Waals surface area (Å²) in [5.74, 6) is 0.139. The first kappa shape index (κ1) is 17.2. The molecule has 2 N–H and O–H groups in total. The molecule has 0 spiro atoms. The number of thiophene rings is 1. The number of thioether (sulfide) groups is 1. The van der Waals surface area contributed by atoms with Gasteiger partial charge in [-0.3, -0.25) is 20.4 Å². The third-order valence-corrected chi connectivity index (χ3v) is 5.00. The number of nitrogens with zero attached hydrogens (tertiary/aromatic N) is 3. The molecule has 0 aromatic carbocycles. The molecule has 2 amide bonds. The molecule has 3 aromatic rings. The first-order chi connectivity index (χ1) is 12.2. The van der Waals surface area contributed by atoms with Gasteiger partial charge in [0.1, 0.15) is 0 Å². The molecular formula is C15H15N5O3S2. The van der Waals surface area contributed by atoms with Crippen LogP contribution in [0.5, 0.6) is 0 Å². The molecule has 0 unspecified atom stereocenters. The third-order valence-electron chi connectivity index (χ3n) is 3.17. The average molecular weight is 377 g/mol. The van der Waals surface area contributed by atoms with Gasteiger partial charge in [0.15, 0.2) is 16.7 Å². The molecule has 8 nitrogen and oxygen atoms in total. The fraction of sp³-hybridized carbons (Fsp3) is 0.200. The van der Waals surface area contributed by atoms with Gasteiger partial charge >= 0.3 is 5.91 Å². The maximum atomic E-state index is 11.9. The van der Waals surface area contributed by atoms with Crippen molar-refractivity contribution in [3.8, 4) is 10.7 Å². The number of nitrogens with one attached hydrogen (secondary N) is 2. The summed E-state index contributed by atoms with van der Waals surface area (Å²) in [7, 11) is 0. The van der Waals surface area contributed by atoms with Crippen molar-refractivity contribution in [3.05, 3.63) is 41.7 Å². The van der Waals surface area contributed by atoms with Crippen LogP contribution in [0.3, 0.4) is 0 Å². The number of hydrogen-bond acceptors (Lipinski definition) is 7. The summed E-state index contributed by atoms with van der Waals surface area (Å²) < 4.78 is 6.89.